The molecule has 0 unspecified atom stereocenters. The molecule has 0 aliphatic carbocycles. The van der Waals surface area contributed by atoms with E-state index in [0.29, 0.717) is 0 Å². The molecule has 0 aliphatic rings. The second-order valence-electron chi connectivity index (χ2n) is 7.21. The van der Waals surface area contributed by atoms with Crippen LogP contribution in [0.15, 0.2) is 0 Å². The van der Waals surface area contributed by atoms with Gasteiger partial charge in [0.15, 0.2) is 0 Å². The Morgan fingerprint density at radius 2 is 0.704 bits per heavy atom. The summed E-state index contributed by atoms with van der Waals surface area (Å²) < 4.78 is 5.04. The Balaban J connectivity index is -0.0000000655. The molecule has 0 bridgehead atoms. The summed E-state index contributed by atoms with van der Waals surface area (Å²) in [5, 5.41) is 28.6. The van der Waals surface area contributed by atoms with Gasteiger partial charge in [-0.1, -0.05) is 41.5 Å². The smallest absolute Gasteiger partial charge is 0.870 e. The van der Waals surface area contributed by atoms with E-state index >= 15 is 0 Å². The van der Waals surface area contributed by atoms with Gasteiger partial charge in [0.2, 0.25) is 0 Å². The van der Waals surface area contributed by atoms with Crippen LogP contribution >= 0.6 is 0 Å². The Hall–Kier alpha value is 1.35. The van der Waals surface area contributed by atoms with Crippen LogP contribution in [0.4, 0.5) is 0 Å². The zero-order valence-electron chi connectivity index (χ0n) is 19.8. The fraction of sp³-hybridized carbons (Fsp3) is 1.00. The van der Waals surface area contributed by atoms with Crippen molar-refractivity contribution in [1.82, 2.24) is 0 Å². The third kappa shape index (κ3) is 98.6. The first-order valence-electron chi connectivity index (χ1n) is 10.4. The molecule has 165 valence electrons. The summed E-state index contributed by atoms with van der Waals surface area (Å²) >= 11 is -0.839. The molecular formula is C21H49O4SnTi. The first-order valence-corrected chi connectivity index (χ1v) is 16.4. The van der Waals surface area contributed by atoms with Gasteiger partial charge in [-0.15, -0.1) is 18.3 Å². The Morgan fingerprint density at radius 3 is 0.815 bits per heavy atom. The average Bonchev–Trinajstić information content (AvgIpc) is 2.44. The minimum atomic E-state index is -0.839. The van der Waals surface area contributed by atoms with Gasteiger partial charge in [0, 0.05) is 0 Å². The molecule has 27 heavy (non-hydrogen) atoms. The zero-order valence-corrected chi connectivity index (χ0v) is 24.2. The van der Waals surface area contributed by atoms with Crippen molar-refractivity contribution in [3.8, 4) is 0 Å². The molecule has 0 saturated carbocycles. The Morgan fingerprint density at radius 1 is 0.556 bits per heavy atom. The van der Waals surface area contributed by atoms with E-state index in [0.717, 1.165) is 0 Å². The summed E-state index contributed by atoms with van der Waals surface area (Å²) in [5.41, 5.74) is 0. The summed E-state index contributed by atoms with van der Waals surface area (Å²) in [6.45, 7) is 16.7. The molecule has 0 fully saturated rings. The summed E-state index contributed by atoms with van der Waals surface area (Å²) in [6.07, 6.45) is 7.60. The van der Waals surface area contributed by atoms with Crippen molar-refractivity contribution < 1.29 is 42.5 Å². The van der Waals surface area contributed by atoms with Crippen LogP contribution in [-0.4, -0.2) is 43.5 Å². The van der Waals surface area contributed by atoms with Crippen molar-refractivity contribution in [2.75, 3.05) is 0 Å². The van der Waals surface area contributed by atoms with Crippen LogP contribution in [0.5, 0.6) is 0 Å². The minimum Gasteiger partial charge on any atom is -0.870 e. The van der Waals surface area contributed by atoms with E-state index in [1.807, 2.05) is 0 Å². The first kappa shape index (κ1) is 42.5. The molecule has 1 N–H and O–H groups in total. The molecule has 0 heterocycles. The van der Waals surface area contributed by atoms with Gasteiger partial charge >= 0.3 is 114 Å². The second-order valence-corrected chi connectivity index (χ2v) is 15.8. The van der Waals surface area contributed by atoms with Gasteiger partial charge in [0.1, 0.15) is 0 Å². The molecule has 0 saturated heterocycles. The van der Waals surface area contributed by atoms with Gasteiger partial charge in [-0.2, -0.15) is 0 Å². The van der Waals surface area contributed by atoms with E-state index in [2.05, 4.69) is 20.8 Å². The van der Waals surface area contributed by atoms with Crippen LogP contribution in [0.3, 0.4) is 0 Å². The monoisotopic (exact) mass is 533 g/mol. The zero-order chi connectivity index (χ0) is 20.7. The fourth-order valence-corrected chi connectivity index (χ4v) is 11.1. The van der Waals surface area contributed by atoms with Crippen molar-refractivity contribution >= 4 is 19.8 Å². The number of hydrogen-bond acceptors (Lipinski definition) is 4. The van der Waals surface area contributed by atoms with E-state index in [4.69, 9.17) is 0 Å². The third-order valence-electron chi connectivity index (χ3n) is 2.65. The van der Waals surface area contributed by atoms with Crippen LogP contribution in [0, 0.1) is 0 Å². The van der Waals surface area contributed by atoms with Crippen LogP contribution in [0.25, 0.3) is 0 Å². The van der Waals surface area contributed by atoms with Crippen molar-refractivity contribution in [1.29, 1.82) is 0 Å². The predicted molar refractivity (Wildman–Crippen MR) is 112 cm³/mol. The maximum Gasteiger partial charge on any atom is 4.00 e. The van der Waals surface area contributed by atoms with Crippen LogP contribution in [0.2, 0.25) is 13.3 Å². The molecule has 4 nitrogen and oxygen atoms in total. The molecule has 0 aliphatic heterocycles. The van der Waals surface area contributed by atoms with E-state index in [-0.39, 0.29) is 27.2 Å². The van der Waals surface area contributed by atoms with Gasteiger partial charge in [-0.3, -0.25) is 0 Å². The topological polar surface area (TPSA) is 99.2 Å². The van der Waals surface area contributed by atoms with E-state index in [1.165, 1.54) is 38.5 Å². The number of hydrogen-bond donors (Lipinski definition) is 0. The standard InChI is InChI=1S/3C4H9.3C3H7O.H2O.Sn.Ti/c3*1-3-4-2;3*1-3(2)4;;;/h3*1,3-4H2,2H3;3*3H,1-2H3;1H2;;/q;;;3*-1;;;+4/p-1. The number of unbranched alkanes of at least 4 members (excludes halogenated alkanes) is 3. The van der Waals surface area contributed by atoms with Crippen LogP contribution in [0.1, 0.15) is 101 Å². The summed E-state index contributed by atoms with van der Waals surface area (Å²) in [6, 6.07) is 0. The number of rotatable bonds is 9. The molecule has 0 rings (SSSR count). The summed E-state index contributed by atoms with van der Waals surface area (Å²) in [5.74, 6) is 0. The van der Waals surface area contributed by atoms with Crippen LogP contribution in [-0.2, 0) is 21.7 Å². The maximum absolute atomic E-state index is 9.53. The van der Waals surface area contributed by atoms with Gasteiger partial charge in [0.05, 0.1) is 0 Å². The molecular weight excluding hydrogens is 483 g/mol. The Labute approximate surface area is 193 Å². The normalized spacial score (nSPS) is 9.33. The molecule has 0 spiro atoms. The van der Waals surface area contributed by atoms with Crippen molar-refractivity contribution in [2.24, 2.45) is 0 Å². The molecule has 6 heteroatoms. The Bertz CT molecular complexity index is 165. The van der Waals surface area contributed by atoms with Gasteiger partial charge in [-0.05, 0) is 0 Å². The van der Waals surface area contributed by atoms with E-state index in [9.17, 15) is 15.3 Å². The third-order valence-corrected chi connectivity index (χ3v) is 11.7. The molecule has 0 aromatic heterocycles. The van der Waals surface area contributed by atoms with Crippen molar-refractivity contribution in [3.05, 3.63) is 0 Å². The second kappa shape index (κ2) is 38.0. The molecule has 0 aromatic rings. The van der Waals surface area contributed by atoms with Gasteiger partial charge in [-0.25, -0.2) is 0 Å². The molecule has 0 amide bonds. The van der Waals surface area contributed by atoms with Crippen molar-refractivity contribution in [3.63, 3.8) is 0 Å². The molecule has 1 radical (unpaired) electrons. The van der Waals surface area contributed by atoms with Crippen LogP contribution < -0.4 is 15.3 Å². The SMILES string of the molecule is CC(C)[O-].CC(C)[O-].CC(C)[O-].CCC[CH2][Sn]([CH2]CCC)[CH2]CCC.[OH-].[Ti+4]. The Kier molecular flexibility index (Phi) is 59.8. The van der Waals surface area contributed by atoms with E-state index < -0.39 is 38.1 Å². The molecule has 0 aromatic carbocycles. The quantitative estimate of drug-likeness (QED) is 0.420. The summed E-state index contributed by atoms with van der Waals surface area (Å²) in [4.78, 5) is 0. The van der Waals surface area contributed by atoms with Crippen molar-refractivity contribution in [2.45, 2.75) is 132 Å². The largest absolute Gasteiger partial charge is 4.00 e. The van der Waals surface area contributed by atoms with E-state index in [1.54, 1.807) is 54.9 Å². The first-order chi connectivity index (χ1) is 11.5. The minimum absolute atomic E-state index is 0. The fourth-order valence-electron chi connectivity index (χ4n) is 1.66. The maximum atomic E-state index is 9.53. The average molecular weight is 532 g/mol. The van der Waals surface area contributed by atoms with Gasteiger partial charge in [0.25, 0.3) is 0 Å². The summed E-state index contributed by atoms with van der Waals surface area (Å²) in [7, 11) is 0. The predicted octanol–water partition coefficient (Wildman–Crippen LogP) is 3.97. The molecule has 0 atom stereocenters. The van der Waals surface area contributed by atoms with Gasteiger partial charge < -0.3 is 20.8 Å².